The van der Waals surface area contributed by atoms with Crippen molar-refractivity contribution in [1.82, 2.24) is 4.98 Å². The normalized spacial score (nSPS) is 11.1. The molecule has 3 nitrogen and oxygen atoms in total. The highest BCUT2D eigenvalue weighted by Gasteiger charge is 2.41. The van der Waals surface area contributed by atoms with Crippen molar-refractivity contribution in [2.45, 2.75) is 25.9 Å². The van der Waals surface area contributed by atoms with Gasteiger partial charge in [-0.3, -0.25) is 0 Å². The lowest BCUT2D eigenvalue weighted by Gasteiger charge is -2.19. The topological polar surface area (TPSA) is 31.4 Å². The van der Waals surface area contributed by atoms with Crippen molar-refractivity contribution in [3.05, 3.63) is 88.5 Å². The van der Waals surface area contributed by atoms with Crippen LogP contribution in [0, 0.1) is 40.9 Å². The fourth-order valence-electron chi connectivity index (χ4n) is 2.72. The monoisotopic (exact) mass is 483 g/mol. The Morgan fingerprint density at radius 1 is 0.853 bits per heavy atom. The summed E-state index contributed by atoms with van der Waals surface area (Å²) in [5.74, 6) is -4.68. The maximum absolute atomic E-state index is 14.4. The molecule has 3 aromatic rings. The van der Waals surface area contributed by atoms with Crippen LogP contribution in [-0.2, 0) is 6.11 Å². The molecule has 0 N–H and O–H groups in total. The molecule has 10 heteroatoms. The highest BCUT2D eigenvalue weighted by atomic mass is 19.3. The van der Waals surface area contributed by atoms with Gasteiger partial charge in [0.05, 0.1) is 12.8 Å². The Bertz CT molecular complexity index is 1190. The zero-order valence-corrected chi connectivity index (χ0v) is 17.6. The lowest BCUT2D eigenvalue weighted by Crippen LogP contribution is -2.25. The number of hydrogen-bond acceptors (Lipinski definition) is 3. The fourth-order valence-corrected chi connectivity index (χ4v) is 2.72. The first kappa shape index (κ1) is 24.9. The second-order valence-corrected chi connectivity index (χ2v) is 6.97. The van der Waals surface area contributed by atoms with E-state index in [4.69, 9.17) is 4.74 Å². The van der Waals surface area contributed by atoms with Crippen LogP contribution in [-0.4, -0.2) is 11.6 Å². The van der Waals surface area contributed by atoms with Crippen molar-refractivity contribution >= 4 is 0 Å². The molecule has 0 aliphatic heterocycles. The third-order valence-corrected chi connectivity index (χ3v) is 4.37. The van der Waals surface area contributed by atoms with Gasteiger partial charge in [-0.05, 0) is 36.6 Å². The van der Waals surface area contributed by atoms with Gasteiger partial charge in [0.2, 0.25) is 0 Å². The molecule has 1 heterocycles. The third kappa shape index (κ3) is 5.98. The first-order valence-corrected chi connectivity index (χ1v) is 9.92. The van der Waals surface area contributed by atoms with E-state index in [1.54, 1.807) is 6.07 Å². The summed E-state index contributed by atoms with van der Waals surface area (Å²) in [5, 5.41) is 0. The van der Waals surface area contributed by atoms with Crippen molar-refractivity contribution < 1.29 is 40.2 Å². The van der Waals surface area contributed by atoms with Crippen LogP contribution in [0.3, 0.4) is 0 Å². The molecule has 0 saturated carbocycles. The minimum atomic E-state index is -4.67. The van der Waals surface area contributed by atoms with Crippen molar-refractivity contribution in [1.29, 1.82) is 0 Å². The number of pyridine rings is 1. The predicted molar refractivity (Wildman–Crippen MR) is 108 cm³/mol. The van der Waals surface area contributed by atoms with Crippen LogP contribution in [0.4, 0.5) is 30.7 Å². The molecule has 0 fully saturated rings. The van der Waals surface area contributed by atoms with Crippen LogP contribution in [0.15, 0.2) is 42.6 Å². The van der Waals surface area contributed by atoms with Crippen LogP contribution >= 0.6 is 0 Å². The molecule has 0 aliphatic rings. The van der Waals surface area contributed by atoms with Crippen molar-refractivity contribution in [3.63, 3.8) is 0 Å². The Balaban J connectivity index is 1.80. The first-order chi connectivity index (χ1) is 16.1. The average Bonchev–Trinajstić information content (AvgIpc) is 2.76. The number of benzene rings is 2. The van der Waals surface area contributed by atoms with Crippen LogP contribution in [0.1, 0.15) is 36.6 Å². The highest BCUT2D eigenvalue weighted by Crippen LogP contribution is 2.36. The number of rotatable bonds is 7. The molecular weight excluding hydrogens is 467 g/mol. The summed E-state index contributed by atoms with van der Waals surface area (Å²) in [4.78, 5) is 4.03. The smallest absolute Gasteiger partial charge is 0.432 e. The zero-order valence-electron chi connectivity index (χ0n) is 17.6. The van der Waals surface area contributed by atoms with Crippen molar-refractivity contribution in [2.24, 2.45) is 0 Å². The van der Waals surface area contributed by atoms with E-state index >= 15 is 0 Å². The molecule has 0 bridgehead atoms. The van der Waals surface area contributed by atoms with E-state index in [0.29, 0.717) is 24.5 Å². The van der Waals surface area contributed by atoms with E-state index < -0.39 is 46.5 Å². The summed E-state index contributed by atoms with van der Waals surface area (Å²) >= 11 is 0. The molecule has 0 radical (unpaired) electrons. The van der Waals surface area contributed by atoms with Gasteiger partial charge < -0.3 is 9.47 Å². The molecule has 0 amide bonds. The van der Waals surface area contributed by atoms with Crippen LogP contribution < -0.4 is 9.47 Å². The van der Waals surface area contributed by atoms with Gasteiger partial charge in [-0.25, -0.2) is 26.9 Å². The number of ether oxygens (including phenoxy) is 2. The summed E-state index contributed by atoms with van der Waals surface area (Å²) < 4.78 is 106. The summed E-state index contributed by atoms with van der Waals surface area (Å²) in [6, 6.07) is 4.44. The zero-order chi connectivity index (χ0) is 24.9. The van der Waals surface area contributed by atoms with Gasteiger partial charge in [0.15, 0.2) is 17.5 Å². The first-order valence-electron chi connectivity index (χ1n) is 9.92. The third-order valence-electron chi connectivity index (χ3n) is 4.37. The lowest BCUT2D eigenvalue weighted by molar-refractivity contribution is -0.189. The molecule has 0 unspecified atom stereocenters. The summed E-state index contributed by atoms with van der Waals surface area (Å²) in [6.07, 6.45) is -1.42. The summed E-state index contributed by atoms with van der Waals surface area (Å²) in [5.41, 5.74) is -1.85. The van der Waals surface area contributed by atoms with Gasteiger partial charge in [0.1, 0.15) is 34.4 Å². The Labute approximate surface area is 190 Å². The molecule has 3 rings (SSSR count). The predicted octanol–water partition coefficient (Wildman–Crippen LogP) is 6.48. The van der Waals surface area contributed by atoms with Gasteiger partial charge in [-0.2, -0.15) is 8.78 Å². The van der Waals surface area contributed by atoms with E-state index in [9.17, 15) is 30.7 Å². The minimum Gasteiger partial charge on any atom is -0.492 e. The Kier molecular flexibility index (Phi) is 7.66. The Morgan fingerprint density at radius 3 is 2.06 bits per heavy atom. The maximum Gasteiger partial charge on any atom is 0.432 e. The molecule has 34 heavy (non-hydrogen) atoms. The number of alkyl halides is 2. The minimum absolute atomic E-state index is 0.120. The molecule has 0 aliphatic carbocycles. The van der Waals surface area contributed by atoms with E-state index in [1.807, 2.05) is 6.92 Å². The van der Waals surface area contributed by atoms with Crippen LogP contribution in [0.5, 0.6) is 11.5 Å². The van der Waals surface area contributed by atoms with Gasteiger partial charge in [0.25, 0.3) is 0 Å². The van der Waals surface area contributed by atoms with E-state index in [2.05, 4.69) is 21.6 Å². The standard InChI is InChI=1S/C24H16F7NO2/c1-2-3-8-33-16-7-6-15(32-13-16)5-4-14-9-18(25)22(19(26)10-14)24(30,31)34-17-11-20(27)23(29)21(28)12-17/h6-7,9-13H,2-3,8H2,1H3. The largest absolute Gasteiger partial charge is 0.492 e. The molecule has 0 spiro atoms. The van der Waals surface area contributed by atoms with E-state index in [0.717, 1.165) is 12.8 Å². The second-order valence-electron chi connectivity index (χ2n) is 6.97. The lowest BCUT2D eigenvalue weighted by atomic mass is 10.1. The van der Waals surface area contributed by atoms with Crippen LogP contribution in [0.2, 0.25) is 0 Å². The van der Waals surface area contributed by atoms with E-state index in [-0.39, 0.29) is 23.4 Å². The molecule has 0 saturated heterocycles. The Hall–Kier alpha value is -3.74. The molecule has 178 valence electrons. The Morgan fingerprint density at radius 2 is 1.50 bits per heavy atom. The average molecular weight is 483 g/mol. The summed E-state index contributed by atoms with van der Waals surface area (Å²) in [6.45, 7) is 2.54. The van der Waals surface area contributed by atoms with Gasteiger partial charge in [0, 0.05) is 17.7 Å². The molecule has 1 aromatic heterocycles. The van der Waals surface area contributed by atoms with Crippen molar-refractivity contribution in [2.75, 3.05) is 6.61 Å². The van der Waals surface area contributed by atoms with Crippen LogP contribution in [0.25, 0.3) is 0 Å². The SMILES string of the molecule is CCCCOc1ccc(C#Cc2cc(F)c(C(F)(F)Oc3cc(F)c(F)c(F)c3)c(F)c2)nc1. The number of hydrogen-bond donors (Lipinski definition) is 0. The van der Waals surface area contributed by atoms with Gasteiger partial charge in [-0.1, -0.05) is 19.3 Å². The van der Waals surface area contributed by atoms with Gasteiger partial charge in [-0.15, -0.1) is 0 Å². The number of halogens is 7. The molecule has 2 aromatic carbocycles. The highest BCUT2D eigenvalue weighted by molar-refractivity contribution is 5.43. The van der Waals surface area contributed by atoms with E-state index in [1.165, 1.54) is 12.3 Å². The number of nitrogens with zero attached hydrogens (tertiary/aromatic N) is 1. The quantitative estimate of drug-likeness (QED) is 0.167. The second kappa shape index (κ2) is 10.5. The van der Waals surface area contributed by atoms with Gasteiger partial charge >= 0.3 is 6.11 Å². The number of aromatic nitrogens is 1. The molecular formula is C24H16F7NO2. The molecule has 0 atom stereocenters. The van der Waals surface area contributed by atoms with Crippen molar-refractivity contribution in [3.8, 4) is 23.3 Å². The summed E-state index contributed by atoms with van der Waals surface area (Å²) in [7, 11) is 0. The fraction of sp³-hybridized carbons (Fsp3) is 0.208. The maximum atomic E-state index is 14.4. The number of unbranched alkanes of at least 4 members (excludes halogenated alkanes) is 1.